The van der Waals surface area contributed by atoms with Gasteiger partial charge in [-0.3, -0.25) is 0 Å². The first-order valence-corrected chi connectivity index (χ1v) is 9.62. The summed E-state index contributed by atoms with van der Waals surface area (Å²) >= 11 is 5.92. The smallest absolute Gasteiger partial charge is 0.322 e. The molecule has 1 aromatic heterocycles. The Morgan fingerprint density at radius 3 is 2.25 bits per heavy atom. The first-order chi connectivity index (χ1) is 13.3. The van der Waals surface area contributed by atoms with E-state index in [1.807, 2.05) is 12.1 Å². The molecule has 3 aromatic rings. The second-order valence-electron chi connectivity index (χ2n) is 7.82. The van der Waals surface area contributed by atoms with Gasteiger partial charge in [-0.05, 0) is 52.9 Å². The maximum absolute atomic E-state index is 12.9. The lowest BCUT2D eigenvalue weighted by atomic mass is 9.87. The first-order valence-electron chi connectivity index (χ1n) is 9.24. The van der Waals surface area contributed by atoms with Crippen molar-refractivity contribution in [3.05, 3.63) is 88.8 Å². The summed E-state index contributed by atoms with van der Waals surface area (Å²) in [5.41, 5.74) is 3.12. The third-order valence-corrected chi connectivity index (χ3v) is 4.75. The molecule has 0 bridgehead atoms. The third-order valence-electron chi connectivity index (χ3n) is 4.50. The van der Waals surface area contributed by atoms with Crippen molar-refractivity contribution in [2.24, 2.45) is 0 Å². The molecule has 2 aromatic carbocycles. The summed E-state index contributed by atoms with van der Waals surface area (Å²) in [5, 5.41) is 3.55. The predicted molar refractivity (Wildman–Crippen MR) is 114 cm³/mol. The van der Waals surface area contributed by atoms with Gasteiger partial charge in [0.2, 0.25) is 0 Å². The largest absolute Gasteiger partial charge is 0.467 e. The SMILES string of the molecule is CC(C)(C)c1ccc(CN(Cc2ccco2)C(=O)Nc2ccc(Cl)cc2)cc1. The highest BCUT2D eigenvalue weighted by Crippen LogP contribution is 2.23. The Balaban J connectivity index is 1.76. The summed E-state index contributed by atoms with van der Waals surface area (Å²) < 4.78 is 5.44. The van der Waals surface area contributed by atoms with Crippen LogP contribution in [0.5, 0.6) is 0 Å². The Hall–Kier alpha value is -2.72. The van der Waals surface area contributed by atoms with Crippen molar-refractivity contribution in [2.45, 2.75) is 39.3 Å². The van der Waals surface area contributed by atoms with Crippen LogP contribution in [0.1, 0.15) is 37.7 Å². The molecule has 28 heavy (non-hydrogen) atoms. The first kappa shape index (κ1) is 20.0. The van der Waals surface area contributed by atoms with Crippen LogP contribution in [-0.2, 0) is 18.5 Å². The number of nitrogens with one attached hydrogen (secondary N) is 1. The number of benzene rings is 2. The molecule has 0 saturated heterocycles. The molecular formula is C23H25ClN2O2. The number of amides is 2. The Bertz CT molecular complexity index is 895. The van der Waals surface area contributed by atoms with Gasteiger partial charge in [0.25, 0.3) is 0 Å². The topological polar surface area (TPSA) is 45.5 Å². The van der Waals surface area contributed by atoms with Gasteiger partial charge in [0, 0.05) is 17.3 Å². The van der Waals surface area contributed by atoms with Gasteiger partial charge >= 0.3 is 6.03 Å². The minimum absolute atomic E-state index is 0.0956. The van der Waals surface area contributed by atoms with Crippen LogP contribution >= 0.6 is 11.6 Å². The lowest BCUT2D eigenvalue weighted by Gasteiger charge is -2.23. The van der Waals surface area contributed by atoms with Gasteiger partial charge in [-0.15, -0.1) is 0 Å². The van der Waals surface area contributed by atoms with Crippen molar-refractivity contribution >= 4 is 23.3 Å². The van der Waals surface area contributed by atoms with Gasteiger partial charge in [0.1, 0.15) is 5.76 Å². The zero-order valence-corrected chi connectivity index (χ0v) is 17.2. The van der Waals surface area contributed by atoms with E-state index in [1.165, 1.54) is 5.56 Å². The monoisotopic (exact) mass is 396 g/mol. The fraction of sp³-hybridized carbons (Fsp3) is 0.261. The molecule has 0 aliphatic rings. The van der Waals surface area contributed by atoms with Gasteiger partial charge in [0.15, 0.2) is 0 Å². The van der Waals surface area contributed by atoms with Gasteiger partial charge in [-0.1, -0.05) is 56.6 Å². The van der Waals surface area contributed by atoms with Crippen LogP contribution in [0, 0.1) is 0 Å². The second kappa shape index (κ2) is 8.53. The average molecular weight is 397 g/mol. The third kappa shape index (κ3) is 5.40. The number of nitrogens with zero attached hydrogens (tertiary/aromatic N) is 1. The molecular weight excluding hydrogens is 372 g/mol. The van der Waals surface area contributed by atoms with Crippen molar-refractivity contribution in [1.29, 1.82) is 0 Å². The van der Waals surface area contributed by atoms with E-state index in [1.54, 1.807) is 35.4 Å². The van der Waals surface area contributed by atoms with E-state index in [-0.39, 0.29) is 11.4 Å². The highest BCUT2D eigenvalue weighted by atomic mass is 35.5. The van der Waals surface area contributed by atoms with Crippen molar-refractivity contribution in [3.63, 3.8) is 0 Å². The fourth-order valence-electron chi connectivity index (χ4n) is 2.86. The Labute approximate surface area is 171 Å². The summed E-state index contributed by atoms with van der Waals surface area (Å²) in [6, 6.07) is 18.9. The number of anilines is 1. The molecule has 1 N–H and O–H groups in total. The van der Waals surface area contributed by atoms with E-state index in [0.717, 1.165) is 11.3 Å². The number of hydrogen-bond donors (Lipinski definition) is 1. The zero-order valence-electron chi connectivity index (χ0n) is 16.4. The molecule has 3 rings (SSSR count). The molecule has 0 atom stereocenters. The van der Waals surface area contributed by atoms with Gasteiger partial charge in [-0.25, -0.2) is 4.79 Å². The molecule has 4 nitrogen and oxygen atoms in total. The summed E-state index contributed by atoms with van der Waals surface area (Å²) in [7, 11) is 0. The van der Waals surface area contributed by atoms with E-state index in [9.17, 15) is 4.79 Å². The molecule has 2 amide bonds. The number of carbonyl (C=O) groups excluding carboxylic acids is 1. The Kier molecular flexibility index (Phi) is 6.10. The maximum Gasteiger partial charge on any atom is 0.322 e. The van der Waals surface area contributed by atoms with Gasteiger partial charge < -0.3 is 14.6 Å². The molecule has 146 valence electrons. The van der Waals surface area contributed by atoms with Crippen LogP contribution in [0.2, 0.25) is 5.02 Å². The number of furan rings is 1. The molecule has 0 radical (unpaired) electrons. The van der Waals surface area contributed by atoms with Crippen LogP contribution in [0.25, 0.3) is 0 Å². The fourth-order valence-corrected chi connectivity index (χ4v) is 2.98. The molecule has 1 heterocycles. The van der Waals surface area contributed by atoms with E-state index in [0.29, 0.717) is 23.8 Å². The molecule has 0 unspecified atom stereocenters. The predicted octanol–water partition coefficient (Wildman–Crippen LogP) is 6.46. The molecule has 0 aliphatic carbocycles. The quantitative estimate of drug-likeness (QED) is 0.537. The molecule has 0 spiro atoms. The van der Waals surface area contributed by atoms with Crippen molar-refractivity contribution in [1.82, 2.24) is 4.90 Å². The van der Waals surface area contributed by atoms with E-state index < -0.39 is 0 Å². The molecule has 0 saturated carbocycles. The van der Waals surface area contributed by atoms with Crippen LogP contribution in [0.4, 0.5) is 10.5 Å². The highest BCUT2D eigenvalue weighted by Gasteiger charge is 2.18. The minimum atomic E-state index is -0.196. The summed E-state index contributed by atoms with van der Waals surface area (Å²) in [6.07, 6.45) is 1.61. The number of rotatable bonds is 5. The second-order valence-corrected chi connectivity index (χ2v) is 8.26. The van der Waals surface area contributed by atoms with Crippen LogP contribution in [-0.4, -0.2) is 10.9 Å². The van der Waals surface area contributed by atoms with E-state index in [4.69, 9.17) is 16.0 Å². The van der Waals surface area contributed by atoms with Crippen molar-refractivity contribution in [3.8, 4) is 0 Å². The van der Waals surface area contributed by atoms with E-state index in [2.05, 4.69) is 50.4 Å². The molecule has 0 fully saturated rings. The highest BCUT2D eigenvalue weighted by molar-refractivity contribution is 6.30. The number of hydrogen-bond acceptors (Lipinski definition) is 2. The van der Waals surface area contributed by atoms with E-state index >= 15 is 0 Å². The number of carbonyl (C=O) groups is 1. The number of urea groups is 1. The Morgan fingerprint density at radius 2 is 1.68 bits per heavy atom. The van der Waals surface area contributed by atoms with Gasteiger partial charge in [-0.2, -0.15) is 0 Å². The van der Waals surface area contributed by atoms with Crippen LogP contribution in [0.3, 0.4) is 0 Å². The standard InChI is InChI=1S/C23H25ClN2O2/c1-23(2,3)18-8-6-17(7-9-18)15-26(16-21-5-4-14-28-21)22(27)25-20-12-10-19(24)11-13-20/h4-14H,15-16H2,1-3H3,(H,25,27). The number of halogens is 1. The summed E-state index contributed by atoms with van der Waals surface area (Å²) in [6.45, 7) is 7.42. The van der Waals surface area contributed by atoms with Gasteiger partial charge in [0.05, 0.1) is 12.8 Å². The lowest BCUT2D eigenvalue weighted by Crippen LogP contribution is -2.34. The van der Waals surface area contributed by atoms with Crippen molar-refractivity contribution in [2.75, 3.05) is 5.32 Å². The normalized spacial score (nSPS) is 11.3. The molecule has 0 aliphatic heterocycles. The average Bonchev–Trinajstić information content (AvgIpc) is 3.16. The zero-order chi connectivity index (χ0) is 20.1. The maximum atomic E-state index is 12.9. The summed E-state index contributed by atoms with van der Waals surface area (Å²) in [5.74, 6) is 0.734. The Morgan fingerprint density at radius 1 is 1.00 bits per heavy atom. The van der Waals surface area contributed by atoms with Crippen LogP contribution < -0.4 is 5.32 Å². The summed E-state index contributed by atoms with van der Waals surface area (Å²) in [4.78, 5) is 14.6. The van der Waals surface area contributed by atoms with Crippen LogP contribution in [0.15, 0.2) is 71.3 Å². The lowest BCUT2D eigenvalue weighted by molar-refractivity contribution is 0.201. The molecule has 5 heteroatoms. The minimum Gasteiger partial charge on any atom is -0.467 e. The van der Waals surface area contributed by atoms with Crippen molar-refractivity contribution < 1.29 is 9.21 Å².